The van der Waals surface area contributed by atoms with Crippen molar-refractivity contribution in [3.63, 3.8) is 0 Å². The van der Waals surface area contributed by atoms with E-state index in [1.165, 1.54) is 19.3 Å². The molecule has 0 fully saturated rings. The molecule has 0 aromatic heterocycles. The summed E-state index contributed by atoms with van der Waals surface area (Å²) in [6.45, 7) is 4.14. The number of esters is 1. The van der Waals surface area contributed by atoms with Gasteiger partial charge in [-0.1, -0.05) is 11.6 Å². The van der Waals surface area contributed by atoms with E-state index in [0.717, 1.165) is 11.1 Å². The smallest absolute Gasteiger partial charge is 0.331 e. The number of carbonyl (C=O) groups is 1. The number of ether oxygens (including phenoxy) is 2. The molecule has 0 saturated heterocycles. The van der Waals surface area contributed by atoms with E-state index >= 15 is 0 Å². The van der Waals surface area contributed by atoms with Crippen LogP contribution in [0.4, 0.5) is 0 Å². The minimum Gasteiger partial charge on any atom is -0.504 e. The zero-order valence-electron chi connectivity index (χ0n) is 11.3. The molecule has 0 aliphatic carbocycles. The summed E-state index contributed by atoms with van der Waals surface area (Å²) in [7, 11) is 1.47. The molecule has 19 heavy (non-hydrogen) atoms. The van der Waals surface area contributed by atoms with Crippen molar-refractivity contribution >= 4 is 12.0 Å². The first-order valence-corrected chi connectivity index (χ1v) is 5.88. The molecule has 1 aromatic carbocycles. The van der Waals surface area contributed by atoms with Crippen LogP contribution in [-0.4, -0.2) is 24.8 Å². The third-order valence-electron chi connectivity index (χ3n) is 2.33. The lowest BCUT2D eigenvalue weighted by molar-refractivity contribution is -0.136. The van der Waals surface area contributed by atoms with E-state index in [9.17, 15) is 9.90 Å². The molecule has 0 radical (unpaired) electrons. The summed E-state index contributed by atoms with van der Waals surface area (Å²) in [6, 6.07) is 4.82. The average Bonchev–Trinajstić information content (AvgIpc) is 2.37. The molecule has 4 nitrogen and oxygen atoms in total. The van der Waals surface area contributed by atoms with Crippen LogP contribution >= 0.6 is 0 Å². The highest BCUT2D eigenvalue weighted by Crippen LogP contribution is 2.26. The number of methoxy groups -OCH3 is 1. The van der Waals surface area contributed by atoms with Crippen LogP contribution in [0.25, 0.3) is 6.08 Å². The van der Waals surface area contributed by atoms with Gasteiger partial charge < -0.3 is 14.6 Å². The molecule has 4 heteroatoms. The Bertz CT molecular complexity index is 497. The molecule has 1 aromatic rings. The molecular weight excluding hydrogens is 244 g/mol. The van der Waals surface area contributed by atoms with Crippen molar-refractivity contribution in [1.82, 2.24) is 0 Å². The summed E-state index contributed by atoms with van der Waals surface area (Å²) in [6.07, 6.45) is 4.77. The van der Waals surface area contributed by atoms with Crippen molar-refractivity contribution < 1.29 is 19.4 Å². The van der Waals surface area contributed by atoms with Gasteiger partial charge in [-0.3, -0.25) is 0 Å². The molecular formula is C15H18O4. The SMILES string of the molecule is COc1cc(/C=C/C(=O)OCC=C(C)C)ccc1O. The molecule has 0 unspecified atom stereocenters. The minimum absolute atomic E-state index is 0.0609. The number of benzene rings is 1. The minimum atomic E-state index is -0.412. The average molecular weight is 262 g/mol. The lowest BCUT2D eigenvalue weighted by Gasteiger charge is -2.03. The Kier molecular flexibility index (Phi) is 5.67. The van der Waals surface area contributed by atoms with Gasteiger partial charge in [0.25, 0.3) is 0 Å². The Morgan fingerprint density at radius 1 is 1.37 bits per heavy atom. The molecule has 0 aliphatic heterocycles. The number of phenolic OH excluding ortho intramolecular Hbond substituents is 1. The highest BCUT2D eigenvalue weighted by Gasteiger charge is 2.01. The maximum atomic E-state index is 11.4. The summed E-state index contributed by atoms with van der Waals surface area (Å²) in [5, 5.41) is 9.43. The van der Waals surface area contributed by atoms with Crippen LogP contribution < -0.4 is 4.74 Å². The van der Waals surface area contributed by atoms with E-state index in [0.29, 0.717) is 5.75 Å². The first-order valence-electron chi connectivity index (χ1n) is 5.88. The third-order valence-corrected chi connectivity index (χ3v) is 2.33. The van der Waals surface area contributed by atoms with Gasteiger partial charge in [0.1, 0.15) is 6.61 Å². The van der Waals surface area contributed by atoms with Crippen molar-refractivity contribution in [2.24, 2.45) is 0 Å². The maximum Gasteiger partial charge on any atom is 0.331 e. The second kappa shape index (κ2) is 7.26. The first-order chi connectivity index (χ1) is 9.02. The number of hydrogen-bond acceptors (Lipinski definition) is 4. The van der Waals surface area contributed by atoms with Gasteiger partial charge in [-0.25, -0.2) is 4.79 Å². The number of phenols is 1. The number of carbonyl (C=O) groups excluding carboxylic acids is 1. The highest BCUT2D eigenvalue weighted by atomic mass is 16.5. The van der Waals surface area contributed by atoms with Gasteiger partial charge in [-0.2, -0.15) is 0 Å². The Labute approximate surface area is 113 Å². The van der Waals surface area contributed by atoms with Gasteiger partial charge in [0, 0.05) is 6.08 Å². The molecule has 0 heterocycles. The zero-order valence-corrected chi connectivity index (χ0v) is 11.3. The Morgan fingerprint density at radius 3 is 2.74 bits per heavy atom. The van der Waals surface area contributed by atoms with Crippen LogP contribution in [0.15, 0.2) is 35.9 Å². The van der Waals surface area contributed by atoms with E-state index in [4.69, 9.17) is 9.47 Å². The van der Waals surface area contributed by atoms with Gasteiger partial charge in [0.05, 0.1) is 7.11 Å². The molecule has 0 amide bonds. The van der Waals surface area contributed by atoms with Gasteiger partial charge in [0.2, 0.25) is 0 Å². The molecule has 1 N–H and O–H groups in total. The van der Waals surface area contributed by atoms with Crippen molar-refractivity contribution in [2.75, 3.05) is 13.7 Å². The fourth-order valence-corrected chi connectivity index (χ4v) is 1.30. The molecule has 0 saturated carbocycles. The van der Waals surface area contributed by atoms with Gasteiger partial charge in [-0.15, -0.1) is 0 Å². The van der Waals surface area contributed by atoms with Crippen LogP contribution in [0.1, 0.15) is 19.4 Å². The van der Waals surface area contributed by atoms with Crippen molar-refractivity contribution in [2.45, 2.75) is 13.8 Å². The molecule has 102 valence electrons. The van der Waals surface area contributed by atoms with E-state index < -0.39 is 5.97 Å². The second-order valence-electron chi connectivity index (χ2n) is 4.18. The lowest BCUT2D eigenvalue weighted by Crippen LogP contribution is -2.00. The maximum absolute atomic E-state index is 11.4. The Balaban J connectivity index is 2.61. The summed E-state index contributed by atoms with van der Waals surface area (Å²) in [4.78, 5) is 11.4. The van der Waals surface area contributed by atoms with Crippen LogP contribution in [0.3, 0.4) is 0 Å². The van der Waals surface area contributed by atoms with Crippen molar-refractivity contribution in [1.29, 1.82) is 0 Å². The first kappa shape index (κ1) is 14.8. The Morgan fingerprint density at radius 2 is 2.11 bits per heavy atom. The fraction of sp³-hybridized carbons (Fsp3) is 0.267. The number of hydrogen-bond donors (Lipinski definition) is 1. The summed E-state index contributed by atoms with van der Waals surface area (Å²) in [5.74, 6) is 0.00962. The molecule has 0 aliphatic rings. The van der Waals surface area contributed by atoms with Gasteiger partial charge in [-0.05, 0) is 43.7 Å². The largest absolute Gasteiger partial charge is 0.504 e. The predicted octanol–water partition coefficient (Wildman–Crippen LogP) is 2.92. The summed E-state index contributed by atoms with van der Waals surface area (Å²) >= 11 is 0. The van der Waals surface area contributed by atoms with E-state index in [1.807, 2.05) is 19.9 Å². The zero-order chi connectivity index (χ0) is 14.3. The van der Waals surface area contributed by atoms with E-state index in [2.05, 4.69) is 0 Å². The number of aromatic hydroxyl groups is 1. The van der Waals surface area contributed by atoms with Crippen LogP contribution in [0.2, 0.25) is 0 Å². The molecule has 0 atom stereocenters. The van der Waals surface area contributed by atoms with Crippen molar-refractivity contribution in [3.8, 4) is 11.5 Å². The topological polar surface area (TPSA) is 55.8 Å². The highest BCUT2D eigenvalue weighted by molar-refractivity contribution is 5.87. The fourth-order valence-electron chi connectivity index (χ4n) is 1.30. The van der Waals surface area contributed by atoms with E-state index in [-0.39, 0.29) is 12.4 Å². The normalized spacial score (nSPS) is 10.3. The summed E-state index contributed by atoms with van der Waals surface area (Å²) in [5.41, 5.74) is 1.84. The lowest BCUT2D eigenvalue weighted by atomic mass is 10.2. The predicted molar refractivity (Wildman–Crippen MR) is 74.1 cm³/mol. The standard InChI is InChI=1S/C15H18O4/c1-11(2)8-9-19-15(17)7-5-12-4-6-13(16)14(10-12)18-3/h4-8,10,16H,9H2,1-3H3/b7-5+. The monoisotopic (exact) mass is 262 g/mol. The van der Waals surface area contributed by atoms with Crippen LogP contribution in [-0.2, 0) is 9.53 Å². The second-order valence-corrected chi connectivity index (χ2v) is 4.18. The molecule has 0 bridgehead atoms. The quantitative estimate of drug-likeness (QED) is 0.503. The van der Waals surface area contributed by atoms with Crippen molar-refractivity contribution in [3.05, 3.63) is 41.5 Å². The molecule has 1 rings (SSSR count). The Hall–Kier alpha value is -2.23. The molecule has 0 spiro atoms. The number of rotatable bonds is 5. The third kappa shape index (κ3) is 5.29. The van der Waals surface area contributed by atoms with Crippen LogP contribution in [0.5, 0.6) is 11.5 Å². The van der Waals surface area contributed by atoms with Crippen LogP contribution in [0, 0.1) is 0 Å². The van der Waals surface area contributed by atoms with E-state index in [1.54, 1.807) is 18.2 Å². The van der Waals surface area contributed by atoms with Gasteiger partial charge in [0.15, 0.2) is 11.5 Å². The number of allylic oxidation sites excluding steroid dienone is 1. The van der Waals surface area contributed by atoms with Gasteiger partial charge >= 0.3 is 5.97 Å². The summed E-state index contributed by atoms with van der Waals surface area (Å²) < 4.78 is 9.95.